The van der Waals surface area contributed by atoms with Crippen molar-refractivity contribution < 1.29 is 4.39 Å². The van der Waals surface area contributed by atoms with Crippen LogP contribution in [0.15, 0.2) is 47.3 Å². The van der Waals surface area contributed by atoms with Gasteiger partial charge >= 0.3 is 0 Å². The monoisotopic (exact) mass is 282 g/mol. The van der Waals surface area contributed by atoms with Crippen LogP contribution in [0.3, 0.4) is 0 Å². The van der Waals surface area contributed by atoms with Crippen LogP contribution < -0.4 is 5.56 Å². The molecule has 3 nitrogen and oxygen atoms in total. The van der Waals surface area contributed by atoms with Crippen molar-refractivity contribution in [1.82, 2.24) is 9.55 Å². The highest BCUT2D eigenvalue weighted by Gasteiger charge is 2.13. The maximum absolute atomic E-state index is 13.3. The summed E-state index contributed by atoms with van der Waals surface area (Å²) < 4.78 is 15.0. The van der Waals surface area contributed by atoms with Crippen LogP contribution in [0.1, 0.15) is 12.5 Å². The molecule has 0 atom stereocenters. The highest BCUT2D eigenvalue weighted by Crippen LogP contribution is 2.21. The first-order valence-electron chi connectivity index (χ1n) is 6.88. The van der Waals surface area contributed by atoms with Crippen molar-refractivity contribution in [1.29, 1.82) is 0 Å². The van der Waals surface area contributed by atoms with E-state index < -0.39 is 0 Å². The Kier molecular flexibility index (Phi) is 3.29. The van der Waals surface area contributed by atoms with Gasteiger partial charge in [0.15, 0.2) is 0 Å². The molecule has 0 aliphatic rings. The van der Waals surface area contributed by atoms with Gasteiger partial charge in [0.2, 0.25) is 0 Å². The van der Waals surface area contributed by atoms with Gasteiger partial charge in [0, 0.05) is 12.1 Å². The first-order valence-corrected chi connectivity index (χ1v) is 6.88. The number of benzene rings is 2. The first kappa shape index (κ1) is 13.5. The molecule has 0 N–H and O–H groups in total. The average molecular weight is 282 g/mol. The number of nitrogens with zero attached hydrogens (tertiary/aromatic N) is 2. The van der Waals surface area contributed by atoms with Crippen molar-refractivity contribution in [3.8, 4) is 11.3 Å². The van der Waals surface area contributed by atoms with Crippen LogP contribution in [0.2, 0.25) is 0 Å². The van der Waals surface area contributed by atoms with E-state index in [0.717, 1.165) is 11.0 Å². The summed E-state index contributed by atoms with van der Waals surface area (Å²) in [5, 5.41) is 0. The van der Waals surface area contributed by atoms with E-state index in [-0.39, 0.29) is 11.4 Å². The Morgan fingerprint density at radius 1 is 1.19 bits per heavy atom. The standard InChI is InChI=1S/C17H15FN2O/c1-3-20-15-7-5-4-6-14(15)19-16(17(20)21)13-9-8-12(18)10-11(13)2/h4-10H,3H2,1-2H3. The van der Waals surface area contributed by atoms with Crippen LogP contribution in [0.5, 0.6) is 0 Å². The molecule has 0 spiro atoms. The largest absolute Gasteiger partial charge is 0.305 e. The van der Waals surface area contributed by atoms with Crippen molar-refractivity contribution >= 4 is 11.0 Å². The summed E-state index contributed by atoms with van der Waals surface area (Å²) in [6, 6.07) is 11.9. The van der Waals surface area contributed by atoms with E-state index in [1.165, 1.54) is 12.1 Å². The maximum Gasteiger partial charge on any atom is 0.277 e. The molecular weight excluding hydrogens is 267 g/mol. The zero-order valence-electron chi connectivity index (χ0n) is 11.9. The third-order valence-electron chi connectivity index (χ3n) is 3.61. The number of hydrogen-bond donors (Lipinski definition) is 0. The molecule has 0 saturated carbocycles. The van der Waals surface area contributed by atoms with Crippen LogP contribution in [-0.2, 0) is 6.54 Å². The molecule has 4 heteroatoms. The Balaban J connectivity index is 2.38. The Morgan fingerprint density at radius 2 is 1.95 bits per heavy atom. The van der Waals surface area contributed by atoms with Gasteiger partial charge in [-0.05, 0) is 49.7 Å². The molecule has 1 aromatic heterocycles. The lowest BCUT2D eigenvalue weighted by Crippen LogP contribution is -2.23. The minimum Gasteiger partial charge on any atom is -0.305 e. The SMILES string of the molecule is CCn1c(=O)c(-c2ccc(F)cc2C)nc2ccccc21. The number of aromatic nitrogens is 2. The van der Waals surface area contributed by atoms with Gasteiger partial charge in [0.05, 0.1) is 11.0 Å². The van der Waals surface area contributed by atoms with E-state index in [1.54, 1.807) is 17.6 Å². The number of rotatable bonds is 2. The Labute approximate surface area is 121 Å². The van der Waals surface area contributed by atoms with Gasteiger partial charge < -0.3 is 4.57 Å². The Hall–Kier alpha value is -2.49. The van der Waals surface area contributed by atoms with Crippen molar-refractivity contribution in [2.45, 2.75) is 20.4 Å². The molecule has 0 bridgehead atoms. The predicted octanol–water partition coefficient (Wildman–Crippen LogP) is 3.53. The minimum atomic E-state index is -0.312. The molecule has 1 heterocycles. The molecule has 106 valence electrons. The van der Waals surface area contributed by atoms with E-state index in [4.69, 9.17) is 0 Å². The molecule has 2 aromatic carbocycles. The lowest BCUT2D eigenvalue weighted by Gasteiger charge is -2.11. The molecule has 0 amide bonds. The van der Waals surface area contributed by atoms with Crippen LogP contribution >= 0.6 is 0 Å². The van der Waals surface area contributed by atoms with E-state index in [1.807, 2.05) is 31.2 Å². The second kappa shape index (κ2) is 5.13. The summed E-state index contributed by atoms with van der Waals surface area (Å²) >= 11 is 0. The molecule has 3 aromatic rings. The zero-order valence-corrected chi connectivity index (χ0v) is 11.9. The highest BCUT2D eigenvalue weighted by atomic mass is 19.1. The number of fused-ring (bicyclic) bond motifs is 1. The van der Waals surface area contributed by atoms with E-state index in [0.29, 0.717) is 23.4 Å². The van der Waals surface area contributed by atoms with Crippen LogP contribution in [0.4, 0.5) is 4.39 Å². The average Bonchev–Trinajstić information content (AvgIpc) is 2.47. The minimum absolute atomic E-state index is 0.147. The van der Waals surface area contributed by atoms with Gasteiger partial charge in [-0.2, -0.15) is 0 Å². The Morgan fingerprint density at radius 3 is 2.67 bits per heavy atom. The highest BCUT2D eigenvalue weighted by molar-refractivity contribution is 5.78. The number of aryl methyl sites for hydroxylation is 2. The number of hydrogen-bond acceptors (Lipinski definition) is 2. The normalized spacial score (nSPS) is 11.0. The smallest absolute Gasteiger partial charge is 0.277 e. The third kappa shape index (κ3) is 2.23. The van der Waals surface area contributed by atoms with Crippen molar-refractivity contribution in [3.63, 3.8) is 0 Å². The summed E-state index contributed by atoms with van der Waals surface area (Å²) in [6.07, 6.45) is 0. The van der Waals surface area contributed by atoms with Crippen molar-refractivity contribution in [2.24, 2.45) is 0 Å². The van der Waals surface area contributed by atoms with E-state index in [2.05, 4.69) is 4.98 Å². The molecule has 0 aliphatic carbocycles. The lowest BCUT2D eigenvalue weighted by atomic mass is 10.1. The van der Waals surface area contributed by atoms with Crippen LogP contribution in [0.25, 0.3) is 22.3 Å². The molecule has 21 heavy (non-hydrogen) atoms. The fourth-order valence-corrected chi connectivity index (χ4v) is 2.57. The molecule has 0 fully saturated rings. The topological polar surface area (TPSA) is 34.9 Å². The summed E-state index contributed by atoms with van der Waals surface area (Å²) in [6.45, 7) is 4.27. The zero-order chi connectivity index (χ0) is 15.0. The molecule has 0 saturated heterocycles. The van der Waals surface area contributed by atoms with Gasteiger partial charge in [-0.3, -0.25) is 4.79 Å². The second-order valence-corrected chi connectivity index (χ2v) is 4.96. The fourth-order valence-electron chi connectivity index (χ4n) is 2.57. The maximum atomic E-state index is 13.3. The van der Waals surface area contributed by atoms with Crippen molar-refractivity contribution in [3.05, 3.63) is 64.2 Å². The van der Waals surface area contributed by atoms with Crippen LogP contribution in [0, 0.1) is 12.7 Å². The van der Waals surface area contributed by atoms with Gasteiger partial charge in [0.1, 0.15) is 11.5 Å². The quantitative estimate of drug-likeness (QED) is 0.720. The van der Waals surface area contributed by atoms with Gasteiger partial charge in [-0.15, -0.1) is 0 Å². The van der Waals surface area contributed by atoms with Crippen molar-refractivity contribution in [2.75, 3.05) is 0 Å². The second-order valence-electron chi connectivity index (χ2n) is 4.96. The van der Waals surface area contributed by atoms with E-state index >= 15 is 0 Å². The predicted molar refractivity (Wildman–Crippen MR) is 81.8 cm³/mol. The molecule has 3 rings (SSSR count). The molecule has 0 unspecified atom stereocenters. The van der Waals surface area contributed by atoms with Gasteiger partial charge in [-0.25, -0.2) is 9.37 Å². The summed E-state index contributed by atoms with van der Waals surface area (Å²) in [5.41, 5.74) is 3.18. The fraction of sp³-hybridized carbons (Fsp3) is 0.176. The third-order valence-corrected chi connectivity index (χ3v) is 3.61. The first-order chi connectivity index (χ1) is 10.1. The van der Waals surface area contributed by atoms with Gasteiger partial charge in [0.25, 0.3) is 5.56 Å². The molecule has 0 aliphatic heterocycles. The summed E-state index contributed by atoms with van der Waals surface area (Å²) in [7, 11) is 0. The number of para-hydroxylation sites is 2. The van der Waals surface area contributed by atoms with E-state index in [9.17, 15) is 9.18 Å². The molecule has 0 radical (unpaired) electrons. The summed E-state index contributed by atoms with van der Waals surface area (Å²) in [4.78, 5) is 17.1. The van der Waals surface area contributed by atoms with Gasteiger partial charge in [-0.1, -0.05) is 12.1 Å². The van der Waals surface area contributed by atoms with Crippen LogP contribution in [-0.4, -0.2) is 9.55 Å². The Bertz CT molecular complexity index is 884. The molecular formula is C17H15FN2O. The number of halogens is 1. The lowest BCUT2D eigenvalue weighted by molar-refractivity contribution is 0.627. The summed E-state index contributed by atoms with van der Waals surface area (Å²) in [5.74, 6) is -0.312.